The van der Waals surface area contributed by atoms with E-state index in [1.54, 1.807) is 0 Å². The molecule has 0 amide bonds. The second-order valence-electron chi connectivity index (χ2n) is 5.69. The average Bonchev–Trinajstić information content (AvgIpc) is 2.26. The maximum atomic E-state index is 6.89. The van der Waals surface area contributed by atoms with Crippen LogP contribution < -0.4 is 0 Å². The van der Waals surface area contributed by atoms with Gasteiger partial charge < -0.3 is 0 Å². The number of unbranched alkanes of at least 4 members (excludes halogenated alkanes) is 1. The Hall–Kier alpha value is -0.320. The number of hydrogen-bond acceptors (Lipinski definition) is 0. The molecule has 17 heavy (non-hydrogen) atoms. The predicted molar refractivity (Wildman–Crippen MR) is 84.6 cm³/mol. The predicted octanol–water partition coefficient (Wildman–Crippen LogP) is 5.60. The van der Waals surface area contributed by atoms with Crippen LogP contribution in [0.2, 0.25) is 0 Å². The molecule has 0 atom stereocenters. The monoisotopic (exact) mass is 270 g/mol. The molecule has 0 nitrogen and oxygen atoms in total. The standard InChI is InChI=1S/C15H24ClP/c1-5-7-12-17(3,4,16)13-15-10-8-14(6-2)9-11-15/h6,8-11H,2,5,7,12-13H2,1,3-4H3. The van der Waals surface area contributed by atoms with Crippen molar-refractivity contribution in [2.75, 3.05) is 19.5 Å². The van der Waals surface area contributed by atoms with Gasteiger partial charge in [-0.25, -0.2) is 0 Å². The number of rotatable bonds is 6. The van der Waals surface area contributed by atoms with Crippen LogP contribution in [0, 0.1) is 0 Å². The summed E-state index contributed by atoms with van der Waals surface area (Å²) < 4.78 is 0. The SMILES string of the molecule is C=Cc1ccc(CP(C)(C)(Cl)CCCC)cc1. The van der Waals surface area contributed by atoms with Crippen LogP contribution in [0.1, 0.15) is 30.9 Å². The molecule has 0 aliphatic rings. The zero-order valence-corrected chi connectivity index (χ0v) is 12.9. The molecule has 96 valence electrons. The van der Waals surface area contributed by atoms with E-state index in [9.17, 15) is 0 Å². The van der Waals surface area contributed by atoms with Crippen LogP contribution in [0.4, 0.5) is 0 Å². The second-order valence-corrected chi connectivity index (χ2v) is 14.9. The summed E-state index contributed by atoms with van der Waals surface area (Å²) in [5.41, 5.74) is 2.52. The van der Waals surface area contributed by atoms with Gasteiger partial charge in [0.25, 0.3) is 0 Å². The summed E-state index contributed by atoms with van der Waals surface area (Å²) in [6, 6.07) is 8.59. The molecule has 0 fully saturated rings. The van der Waals surface area contributed by atoms with Gasteiger partial charge in [-0.1, -0.05) is 0 Å². The zero-order chi connectivity index (χ0) is 13.0. The molecule has 0 unspecified atom stereocenters. The number of hydrogen-bond donors (Lipinski definition) is 0. The van der Waals surface area contributed by atoms with Gasteiger partial charge in [0.15, 0.2) is 0 Å². The number of halogens is 1. The van der Waals surface area contributed by atoms with Gasteiger partial charge in [0.05, 0.1) is 0 Å². The van der Waals surface area contributed by atoms with E-state index < -0.39 is 5.96 Å². The van der Waals surface area contributed by atoms with E-state index in [-0.39, 0.29) is 0 Å². The molecule has 0 N–H and O–H groups in total. The molecule has 1 aromatic carbocycles. The fourth-order valence-electron chi connectivity index (χ4n) is 2.05. The average molecular weight is 271 g/mol. The molecular weight excluding hydrogens is 247 g/mol. The molecule has 0 aliphatic carbocycles. The van der Waals surface area contributed by atoms with Crippen molar-refractivity contribution in [3.63, 3.8) is 0 Å². The van der Waals surface area contributed by atoms with Gasteiger partial charge in [-0.3, -0.25) is 0 Å². The summed E-state index contributed by atoms with van der Waals surface area (Å²) in [6.07, 6.45) is 6.54. The molecule has 0 spiro atoms. The van der Waals surface area contributed by atoms with Gasteiger partial charge in [0.1, 0.15) is 0 Å². The van der Waals surface area contributed by atoms with Crippen molar-refractivity contribution in [1.29, 1.82) is 0 Å². The van der Waals surface area contributed by atoms with E-state index in [4.69, 9.17) is 11.2 Å². The Bertz CT molecular complexity index is 370. The summed E-state index contributed by atoms with van der Waals surface area (Å²) in [6.45, 7) is 10.6. The quantitative estimate of drug-likeness (QED) is 0.591. The first-order chi connectivity index (χ1) is 7.84. The van der Waals surface area contributed by atoms with E-state index >= 15 is 0 Å². The normalized spacial score (nSPS) is 14.0. The van der Waals surface area contributed by atoms with Crippen LogP contribution in [0.15, 0.2) is 30.8 Å². The molecule has 1 aromatic rings. The summed E-state index contributed by atoms with van der Waals surface area (Å²) in [4.78, 5) is 0. The van der Waals surface area contributed by atoms with Gasteiger partial charge in [-0.15, -0.1) is 0 Å². The van der Waals surface area contributed by atoms with E-state index in [1.165, 1.54) is 30.1 Å². The van der Waals surface area contributed by atoms with Gasteiger partial charge in [0, 0.05) is 0 Å². The first-order valence-corrected chi connectivity index (χ1v) is 10.7. The van der Waals surface area contributed by atoms with Crippen molar-refractivity contribution in [3.05, 3.63) is 42.0 Å². The molecule has 2 heteroatoms. The third kappa shape index (κ3) is 5.23. The first kappa shape index (κ1) is 14.7. The van der Waals surface area contributed by atoms with Crippen LogP contribution in [-0.4, -0.2) is 19.5 Å². The van der Waals surface area contributed by atoms with E-state index in [2.05, 4.69) is 51.1 Å². The van der Waals surface area contributed by atoms with Crippen LogP contribution in [0.3, 0.4) is 0 Å². The van der Waals surface area contributed by atoms with Gasteiger partial charge in [-0.2, -0.15) is 0 Å². The molecule has 0 aromatic heterocycles. The van der Waals surface area contributed by atoms with Crippen molar-refractivity contribution >= 4 is 23.3 Å². The Kier molecular flexibility index (Phi) is 4.81. The van der Waals surface area contributed by atoms with Crippen LogP contribution >= 0.6 is 17.2 Å². The summed E-state index contributed by atoms with van der Waals surface area (Å²) in [7, 11) is 0. The van der Waals surface area contributed by atoms with Crippen LogP contribution in [0.5, 0.6) is 0 Å². The van der Waals surface area contributed by atoms with E-state index in [0.717, 1.165) is 6.16 Å². The fourth-order valence-corrected chi connectivity index (χ4v) is 5.61. The van der Waals surface area contributed by atoms with Gasteiger partial charge >= 0.3 is 111 Å². The zero-order valence-electron chi connectivity index (χ0n) is 11.2. The van der Waals surface area contributed by atoms with Crippen molar-refractivity contribution < 1.29 is 0 Å². The molecule has 1 rings (SSSR count). The first-order valence-electron chi connectivity index (χ1n) is 6.27. The second kappa shape index (κ2) is 5.55. The van der Waals surface area contributed by atoms with Crippen molar-refractivity contribution in [1.82, 2.24) is 0 Å². The Balaban J connectivity index is 2.77. The molecule has 0 saturated heterocycles. The Morgan fingerprint density at radius 2 is 1.82 bits per heavy atom. The van der Waals surface area contributed by atoms with Crippen LogP contribution in [0.25, 0.3) is 6.08 Å². The molecular formula is C15H24ClP. The van der Waals surface area contributed by atoms with Gasteiger partial charge in [-0.05, 0) is 0 Å². The maximum absolute atomic E-state index is 6.89. The molecule has 0 saturated carbocycles. The molecule has 0 radical (unpaired) electrons. The topological polar surface area (TPSA) is 0 Å². The summed E-state index contributed by atoms with van der Waals surface area (Å²) in [5, 5.41) is 0. The number of benzene rings is 1. The Morgan fingerprint density at radius 1 is 1.24 bits per heavy atom. The third-order valence-electron chi connectivity index (χ3n) is 3.09. The van der Waals surface area contributed by atoms with Crippen LogP contribution in [-0.2, 0) is 6.16 Å². The van der Waals surface area contributed by atoms with Gasteiger partial charge in [0.2, 0.25) is 0 Å². The van der Waals surface area contributed by atoms with Crippen molar-refractivity contribution in [2.45, 2.75) is 25.9 Å². The third-order valence-corrected chi connectivity index (χ3v) is 6.99. The Labute approximate surface area is 111 Å². The molecule has 0 aliphatic heterocycles. The Morgan fingerprint density at radius 3 is 2.29 bits per heavy atom. The van der Waals surface area contributed by atoms with Crippen molar-refractivity contribution in [3.8, 4) is 0 Å². The molecule has 0 heterocycles. The van der Waals surface area contributed by atoms with E-state index in [1.807, 2.05) is 6.08 Å². The fraction of sp³-hybridized carbons (Fsp3) is 0.467. The molecule has 0 bridgehead atoms. The summed E-state index contributed by atoms with van der Waals surface area (Å²) in [5.74, 6) is -2.01. The summed E-state index contributed by atoms with van der Waals surface area (Å²) >= 11 is 6.89. The van der Waals surface area contributed by atoms with E-state index in [0.29, 0.717) is 0 Å². The minimum atomic E-state index is -2.01. The minimum absolute atomic E-state index is 1.03. The van der Waals surface area contributed by atoms with Crippen molar-refractivity contribution in [2.24, 2.45) is 0 Å².